The fourth-order valence-electron chi connectivity index (χ4n) is 1.52. The molecule has 0 spiro atoms. The predicted octanol–water partition coefficient (Wildman–Crippen LogP) is 2.38. The maximum atomic E-state index is 11.4. The lowest BCUT2D eigenvalue weighted by Gasteiger charge is -2.17. The number of aliphatic hydroxyl groups excluding tert-OH is 1. The first-order valence-electron chi connectivity index (χ1n) is 5.82. The molecule has 0 aliphatic rings. The molecule has 0 saturated carbocycles. The molecule has 100 valence electrons. The Bertz CT molecular complexity index is 379. The minimum atomic E-state index is -0.588. The van der Waals surface area contributed by atoms with E-state index in [1.54, 1.807) is 6.92 Å². The van der Waals surface area contributed by atoms with E-state index >= 15 is 0 Å². The topological polar surface area (TPSA) is 49.3 Å². The molecule has 1 rings (SSSR count). The van der Waals surface area contributed by atoms with E-state index in [4.69, 9.17) is 23.2 Å². The first-order valence-corrected chi connectivity index (χ1v) is 6.64. The molecule has 0 bridgehead atoms. The molecule has 0 fully saturated rings. The van der Waals surface area contributed by atoms with Crippen LogP contribution in [0, 0.1) is 0 Å². The smallest absolute Gasteiger partial charge is 0.238 e. The lowest BCUT2D eigenvalue weighted by atomic mass is 10.1. The summed E-state index contributed by atoms with van der Waals surface area (Å²) in [5, 5.41) is 12.0. The Morgan fingerprint density at radius 1 is 1.39 bits per heavy atom. The van der Waals surface area contributed by atoms with Crippen molar-refractivity contribution in [2.45, 2.75) is 31.2 Å². The number of aliphatic hydroxyl groups is 1. The van der Waals surface area contributed by atoms with Crippen LogP contribution in [-0.2, 0) is 11.2 Å². The second-order valence-corrected chi connectivity index (χ2v) is 5.26. The summed E-state index contributed by atoms with van der Waals surface area (Å²) in [5.41, 5.74) is 1.12. The van der Waals surface area contributed by atoms with Gasteiger partial charge in [0.15, 0.2) is 0 Å². The molecule has 5 heteroatoms. The molecular weight excluding hydrogens is 273 g/mol. The summed E-state index contributed by atoms with van der Waals surface area (Å²) in [6, 6.07) is 7.24. The quantitative estimate of drug-likeness (QED) is 0.790. The SMILES string of the molecule is C[C@H](Cl)C(=O)N[C@H](CO)CCc1ccc(Cl)cc1. The van der Waals surface area contributed by atoms with E-state index in [0.717, 1.165) is 12.0 Å². The van der Waals surface area contributed by atoms with Crippen LogP contribution < -0.4 is 5.32 Å². The van der Waals surface area contributed by atoms with Gasteiger partial charge < -0.3 is 10.4 Å². The summed E-state index contributed by atoms with van der Waals surface area (Å²) in [4.78, 5) is 11.4. The van der Waals surface area contributed by atoms with Crippen molar-refractivity contribution in [1.29, 1.82) is 0 Å². The van der Waals surface area contributed by atoms with Crippen molar-refractivity contribution >= 4 is 29.1 Å². The Labute approximate surface area is 117 Å². The molecule has 2 atom stereocenters. The van der Waals surface area contributed by atoms with Gasteiger partial charge >= 0.3 is 0 Å². The number of alkyl halides is 1. The van der Waals surface area contributed by atoms with Crippen LogP contribution in [0.15, 0.2) is 24.3 Å². The fourth-order valence-corrected chi connectivity index (χ4v) is 1.71. The van der Waals surface area contributed by atoms with Gasteiger partial charge in [0.25, 0.3) is 0 Å². The maximum Gasteiger partial charge on any atom is 0.238 e. The second-order valence-electron chi connectivity index (χ2n) is 4.17. The minimum Gasteiger partial charge on any atom is -0.394 e. The van der Waals surface area contributed by atoms with Crippen LogP contribution >= 0.6 is 23.2 Å². The number of halogens is 2. The normalized spacial score (nSPS) is 14.0. The third kappa shape index (κ3) is 5.25. The van der Waals surface area contributed by atoms with E-state index in [1.807, 2.05) is 24.3 Å². The maximum absolute atomic E-state index is 11.4. The Morgan fingerprint density at radius 2 is 2.00 bits per heavy atom. The van der Waals surface area contributed by atoms with Crippen molar-refractivity contribution < 1.29 is 9.90 Å². The number of nitrogens with one attached hydrogen (secondary N) is 1. The molecule has 2 N–H and O–H groups in total. The number of benzene rings is 1. The van der Waals surface area contributed by atoms with E-state index in [9.17, 15) is 9.90 Å². The highest BCUT2D eigenvalue weighted by atomic mass is 35.5. The number of carbonyl (C=O) groups is 1. The minimum absolute atomic E-state index is 0.0943. The van der Waals surface area contributed by atoms with Crippen LogP contribution in [-0.4, -0.2) is 29.0 Å². The lowest BCUT2D eigenvalue weighted by molar-refractivity contribution is -0.121. The zero-order valence-corrected chi connectivity index (χ0v) is 11.7. The summed E-state index contributed by atoms with van der Waals surface area (Å²) < 4.78 is 0. The highest BCUT2D eigenvalue weighted by Crippen LogP contribution is 2.11. The van der Waals surface area contributed by atoms with Gasteiger partial charge in [0.1, 0.15) is 5.38 Å². The molecule has 3 nitrogen and oxygen atoms in total. The first kappa shape index (κ1) is 15.3. The number of rotatable bonds is 6. The van der Waals surface area contributed by atoms with Crippen molar-refractivity contribution in [2.75, 3.05) is 6.61 Å². The molecule has 18 heavy (non-hydrogen) atoms. The van der Waals surface area contributed by atoms with Crippen LogP contribution in [0.3, 0.4) is 0 Å². The summed E-state index contributed by atoms with van der Waals surface area (Å²) in [6.07, 6.45) is 1.42. The molecular formula is C13H17Cl2NO2. The van der Waals surface area contributed by atoms with Crippen molar-refractivity contribution in [3.8, 4) is 0 Å². The van der Waals surface area contributed by atoms with Crippen LogP contribution in [0.5, 0.6) is 0 Å². The van der Waals surface area contributed by atoms with Gasteiger partial charge in [-0.25, -0.2) is 0 Å². The molecule has 0 aliphatic carbocycles. The van der Waals surface area contributed by atoms with Gasteiger partial charge in [0.2, 0.25) is 5.91 Å². The van der Waals surface area contributed by atoms with Gasteiger partial charge in [-0.05, 0) is 37.5 Å². The summed E-state index contributed by atoms with van der Waals surface area (Å²) >= 11 is 11.4. The van der Waals surface area contributed by atoms with E-state index in [1.165, 1.54) is 0 Å². The summed E-state index contributed by atoms with van der Waals surface area (Å²) in [6.45, 7) is 1.51. The third-order valence-electron chi connectivity index (χ3n) is 2.62. The average Bonchev–Trinajstić information content (AvgIpc) is 2.35. The number of amides is 1. The molecule has 0 radical (unpaired) electrons. The molecule has 1 aromatic rings. The summed E-state index contributed by atoms with van der Waals surface area (Å²) in [5.74, 6) is -0.258. The van der Waals surface area contributed by atoms with Gasteiger partial charge in [0, 0.05) is 5.02 Å². The van der Waals surface area contributed by atoms with Crippen LogP contribution in [0.2, 0.25) is 5.02 Å². The van der Waals surface area contributed by atoms with Gasteiger partial charge in [-0.15, -0.1) is 11.6 Å². The van der Waals surface area contributed by atoms with Crippen molar-refractivity contribution in [3.05, 3.63) is 34.9 Å². The molecule has 0 unspecified atom stereocenters. The van der Waals surface area contributed by atoms with E-state index < -0.39 is 5.38 Å². The zero-order chi connectivity index (χ0) is 13.5. The number of aryl methyl sites for hydroxylation is 1. The predicted molar refractivity (Wildman–Crippen MR) is 74.1 cm³/mol. The van der Waals surface area contributed by atoms with Gasteiger partial charge in [-0.1, -0.05) is 23.7 Å². The first-order chi connectivity index (χ1) is 8.52. The molecule has 0 heterocycles. The van der Waals surface area contributed by atoms with E-state index in [2.05, 4.69) is 5.32 Å². The van der Waals surface area contributed by atoms with Crippen LogP contribution in [0.4, 0.5) is 0 Å². The van der Waals surface area contributed by atoms with Crippen LogP contribution in [0.1, 0.15) is 18.9 Å². The monoisotopic (exact) mass is 289 g/mol. The van der Waals surface area contributed by atoms with Crippen molar-refractivity contribution in [3.63, 3.8) is 0 Å². The largest absolute Gasteiger partial charge is 0.394 e. The highest BCUT2D eigenvalue weighted by Gasteiger charge is 2.14. The Balaban J connectivity index is 2.44. The lowest BCUT2D eigenvalue weighted by Crippen LogP contribution is -2.41. The second kappa shape index (κ2) is 7.62. The van der Waals surface area contributed by atoms with E-state index in [0.29, 0.717) is 11.4 Å². The third-order valence-corrected chi connectivity index (χ3v) is 3.07. The molecule has 0 saturated heterocycles. The highest BCUT2D eigenvalue weighted by molar-refractivity contribution is 6.30. The van der Waals surface area contributed by atoms with Gasteiger partial charge in [-0.2, -0.15) is 0 Å². The van der Waals surface area contributed by atoms with Crippen molar-refractivity contribution in [2.24, 2.45) is 0 Å². The van der Waals surface area contributed by atoms with Gasteiger partial charge in [0.05, 0.1) is 12.6 Å². The summed E-state index contributed by atoms with van der Waals surface area (Å²) in [7, 11) is 0. The van der Waals surface area contributed by atoms with Crippen LogP contribution in [0.25, 0.3) is 0 Å². The average molecular weight is 290 g/mol. The number of hydrogen-bond donors (Lipinski definition) is 2. The molecule has 0 aromatic heterocycles. The number of carbonyl (C=O) groups excluding carboxylic acids is 1. The molecule has 1 amide bonds. The molecule has 0 aliphatic heterocycles. The molecule has 1 aromatic carbocycles. The van der Waals surface area contributed by atoms with E-state index in [-0.39, 0.29) is 18.6 Å². The van der Waals surface area contributed by atoms with Gasteiger partial charge in [-0.3, -0.25) is 4.79 Å². The number of hydrogen-bond acceptors (Lipinski definition) is 2. The zero-order valence-electron chi connectivity index (χ0n) is 10.2. The fraction of sp³-hybridized carbons (Fsp3) is 0.462. The van der Waals surface area contributed by atoms with Crippen molar-refractivity contribution in [1.82, 2.24) is 5.32 Å². The standard InChI is InChI=1S/C13H17Cl2NO2/c1-9(14)13(18)16-12(8-17)7-4-10-2-5-11(15)6-3-10/h2-3,5-6,9,12,17H,4,7-8H2,1H3,(H,16,18)/t9-,12-/m0/s1. The Morgan fingerprint density at radius 3 is 2.50 bits per heavy atom. The Hall–Kier alpha value is -0.770. The Kier molecular flexibility index (Phi) is 6.47.